The molecule has 7 heteroatoms. The number of anilines is 1. The van der Waals surface area contributed by atoms with E-state index < -0.39 is 11.6 Å². The molecule has 2 aliphatic heterocycles. The number of likely N-dealkylation sites (tertiary alicyclic amines) is 1. The first kappa shape index (κ1) is 27.0. The predicted octanol–water partition coefficient (Wildman–Crippen LogP) is 6.61. The van der Waals surface area contributed by atoms with Crippen molar-refractivity contribution in [2.75, 3.05) is 18.0 Å². The second-order valence-electron chi connectivity index (χ2n) is 13.5. The number of nitrogens with zero attached hydrogens (tertiary/aromatic N) is 2. The van der Waals surface area contributed by atoms with Crippen molar-refractivity contribution in [1.82, 2.24) is 14.9 Å². The van der Waals surface area contributed by atoms with Gasteiger partial charge in [0.1, 0.15) is 5.76 Å². The molecule has 218 valence electrons. The van der Waals surface area contributed by atoms with Crippen LogP contribution in [0.5, 0.6) is 0 Å². The Kier molecular flexibility index (Phi) is 5.53. The van der Waals surface area contributed by atoms with E-state index in [1.807, 2.05) is 24.5 Å². The first-order valence-electron chi connectivity index (χ1n) is 15.2. The molecule has 7 nitrogen and oxygen atoms in total. The Balaban J connectivity index is 1.50. The molecular weight excluding hydrogens is 524 g/mol. The lowest BCUT2D eigenvalue weighted by molar-refractivity contribution is -0.130. The fraction of sp³-hybridized carbons (Fsp3) is 0.429. The Labute approximate surface area is 247 Å². The molecular formula is C35H40N4O3. The molecule has 3 N–H and O–H groups in total. The highest BCUT2D eigenvalue weighted by Crippen LogP contribution is 2.57. The van der Waals surface area contributed by atoms with Crippen molar-refractivity contribution in [1.29, 1.82) is 0 Å². The van der Waals surface area contributed by atoms with Gasteiger partial charge in [0.25, 0.3) is 0 Å². The molecule has 0 radical (unpaired) electrons. The fourth-order valence-corrected chi connectivity index (χ4v) is 8.27. The molecule has 42 heavy (non-hydrogen) atoms. The number of nitrogens with one attached hydrogen (secondary N) is 2. The summed E-state index contributed by atoms with van der Waals surface area (Å²) in [6.07, 6.45) is 5.82. The van der Waals surface area contributed by atoms with Gasteiger partial charge in [-0.05, 0) is 62.2 Å². The summed E-state index contributed by atoms with van der Waals surface area (Å²) in [7, 11) is 0. The number of Topliss-reactive ketones (excluding diaryl/α,β-unsaturated/α-hetero) is 2. The average Bonchev–Trinajstić information content (AvgIpc) is 3.74. The molecule has 1 fully saturated rings. The molecule has 3 atom stereocenters. The summed E-state index contributed by atoms with van der Waals surface area (Å²) in [4.78, 5) is 39.3. The maximum Gasteiger partial charge on any atom is 0.238 e. The molecule has 1 saturated heterocycles. The highest BCUT2D eigenvalue weighted by Gasteiger charge is 2.52. The summed E-state index contributed by atoms with van der Waals surface area (Å²) in [6, 6.07) is 6.75. The number of ketones is 2. The van der Waals surface area contributed by atoms with E-state index in [9.17, 15) is 14.7 Å². The van der Waals surface area contributed by atoms with Gasteiger partial charge >= 0.3 is 0 Å². The van der Waals surface area contributed by atoms with E-state index in [2.05, 4.69) is 87.3 Å². The van der Waals surface area contributed by atoms with E-state index in [1.54, 1.807) is 0 Å². The lowest BCUT2D eigenvalue weighted by Crippen LogP contribution is -2.38. The SMILES string of the molecule is CCN1c2c(cc(C3=C(O)/C(=C4\C=C5C(c6cc[nH]c64)N(CC)C(C)C5(C)C)C(=O)C3=O)c3[nH]ccc23)C(C)(C)C1C. The smallest absolute Gasteiger partial charge is 0.238 e. The molecule has 0 bridgehead atoms. The van der Waals surface area contributed by atoms with Gasteiger partial charge in [-0.3, -0.25) is 14.5 Å². The largest absolute Gasteiger partial charge is 0.506 e. The molecule has 3 aromatic rings. The van der Waals surface area contributed by atoms with Crippen molar-refractivity contribution in [2.24, 2.45) is 5.41 Å². The van der Waals surface area contributed by atoms with Crippen molar-refractivity contribution in [3.05, 3.63) is 76.0 Å². The summed E-state index contributed by atoms with van der Waals surface area (Å²) in [5.41, 5.74) is 7.12. The first-order chi connectivity index (χ1) is 19.9. The van der Waals surface area contributed by atoms with Crippen molar-refractivity contribution in [3.8, 4) is 0 Å². The summed E-state index contributed by atoms with van der Waals surface area (Å²) >= 11 is 0. The summed E-state index contributed by atoms with van der Waals surface area (Å²) in [5, 5.41) is 12.9. The number of likely N-dealkylation sites (N-methyl/N-ethyl adjacent to an activating group) is 2. The van der Waals surface area contributed by atoms with Crippen molar-refractivity contribution >= 4 is 39.3 Å². The normalized spacial score (nSPS) is 28.1. The number of hydrogen-bond acceptors (Lipinski definition) is 5. The van der Waals surface area contributed by atoms with Crippen LogP contribution in [0.4, 0.5) is 5.69 Å². The molecule has 2 aliphatic carbocycles. The average molecular weight is 565 g/mol. The predicted molar refractivity (Wildman–Crippen MR) is 168 cm³/mol. The van der Waals surface area contributed by atoms with Gasteiger partial charge in [-0.1, -0.05) is 40.7 Å². The standard InChI is InChI=1S/C35H40N4O3/c1-9-38-17(3)34(5,6)23-15-21(27-19(29(23)38)11-13-36-27)25-31(40)26(33(42)32(25)41)22-16-24-30(20-12-14-37-28(20)22)39(10-2)18(4)35(24,7)8/h11-18,29,36-37,40H,9-10H2,1-8H3/b25-21-. The van der Waals surface area contributed by atoms with Crippen molar-refractivity contribution in [2.45, 2.75) is 78.9 Å². The third-order valence-electron chi connectivity index (χ3n) is 11.2. The zero-order chi connectivity index (χ0) is 30.0. The number of fused-ring (bicyclic) bond motifs is 6. The van der Waals surface area contributed by atoms with Crippen LogP contribution in [0.15, 0.2) is 53.6 Å². The molecule has 0 spiro atoms. The third-order valence-corrected chi connectivity index (χ3v) is 11.2. The maximum atomic E-state index is 13.9. The molecule has 0 saturated carbocycles. The Hall–Kier alpha value is -3.84. The van der Waals surface area contributed by atoms with Crippen LogP contribution in [-0.4, -0.2) is 56.7 Å². The number of rotatable bonds is 3. The number of aliphatic hydroxyl groups excluding tert-OH is 1. The van der Waals surface area contributed by atoms with Crippen molar-refractivity contribution in [3.63, 3.8) is 0 Å². The number of benzene rings is 1. The fourth-order valence-electron chi connectivity index (χ4n) is 8.27. The zero-order valence-corrected chi connectivity index (χ0v) is 25.8. The minimum Gasteiger partial charge on any atom is -0.506 e. The number of aliphatic hydroxyl groups is 1. The summed E-state index contributed by atoms with van der Waals surface area (Å²) < 4.78 is 0. The lowest BCUT2D eigenvalue weighted by atomic mass is 9.74. The van der Waals surface area contributed by atoms with E-state index in [4.69, 9.17) is 0 Å². The number of H-pyrrole nitrogens is 2. The molecule has 3 unspecified atom stereocenters. The number of allylic oxidation sites excluding steroid dienone is 4. The lowest BCUT2D eigenvalue weighted by Gasteiger charge is -2.30. The second kappa shape index (κ2) is 8.60. The van der Waals surface area contributed by atoms with Crippen LogP contribution in [0.2, 0.25) is 0 Å². The Morgan fingerprint density at radius 2 is 1.60 bits per heavy atom. The number of aromatic nitrogens is 2. The van der Waals surface area contributed by atoms with Gasteiger partial charge in [-0.15, -0.1) is 0 Å². The minimum atomic E-state index is -0.662. The number of carbonyl (C=O) groups excluding carboxylic acids is 2. The topological polar surface area (TPSA) is 92.4 Å². The van der Waals surface area contributed by atoms with Gasteiger partial charge in [-0.25, -0.2) is 0 Å². The quantitative estimate of drug-likeness (QED) is 0.246. The van der Waals surface area contributed by atoms with Crippen LogP contribution in [-0.2, 0) is 15.0 Å². The molecule has 1 aromatic carbocycles. The van der Waals surface area contributed by atoms with Crippen molar-refractivity contribution < 1.29 is 14.7 Å². The van der Waals surface area contributed by atoms with Crippen LogP contribution in [0.3, 0.4) is 0 Å². The summed E-state index contributed by atoms with van der Waals surface area (Å²) in [5.74, 6) is -1.56. The number of aromatic amines is 2. The Morgan fingerprint density at radius 1 is 0.905 bits per heavy atom. The van der Waals surface area contributed by atoms with Crippen LogP contribution in [0.1, 0.15) is 83.8 Å². The number of hydrogen-bond donors (Lipinski definition) is 3. The second-order valence-corrected chi connectivity index (χ2v) is 13.5. The highest BCUT2D eigenvalue weighted by atomic mass is 16.3. The molecule has 0 amide bonds. The monoisotopic (exact) mass is 564 g/mol. The van der Waals surface area contributed by atoms with Crippen LogP contribution in [0.25, 0.3) is 22.0 Å². The van der Waals surface area contributed by atoms with Gasteiger partial charge in [0.15, 0.2) is 0 Å². The van der Waals surface area contributed by atoms with Crippen LogP contribution >= 0.6 is 0 Å². The minimum absolute atomic E-state index is 0.0824. The van der Waals surface area contributed by atoms with Gasteiger partial charge in [0.05, 0.1) is 34.1 Å². The molecule has 4 aliphatic rings. The molecule has 4 heterocycles. The Bertz CT molecular complexity index is 1810. The number of carbonyl (C=O) groups is 2. The molecule has 7 rings (SSSR count). The van der Waals surface area contributed by atoms with Gasteiger partial charge in [0.2, 0.25) is 11.6 Å². The Morgan fingerprint density at radius 3 is 2.29 bits per heavy atom. The molecule has 2 aromatic heterocycles. The maximum absolute atomic E-state index is 13.9. The van der Waals surface area contributed by atoms with Crippen LogP contribution < -0.4 is 4.90 Å². The van der Waals surface area contributed by atoms with E-state index in [1.165, 1.54) is 5.57 Å². The van der Waals surface area contributed by atoms with Gasteiger partial charge in [0, 0.05) is 58.4 Å². The van der Waals surface area contributed by atoms with E-state index in [0.717, 1.165) is 46.5 Å². The first-order valence-corrected chi connectivity index (χ1v) is 15.2. The van der Waals surface area contributed by atoms with Gasteiger partial charge in [-0.2, -0.15) is 0 Å². The van der Waals surface area contributed by atoms with Gasteiger partial charge < -0.3 is 20.0 Å². The van der Waals surface area contributed by atoms with E-state index in [0.29, 0.717) is 11.1 Å². The summed E-state index contributed by atoms with van der Waals surface area (Å²) in [6.45, 7) is 19.5. The van der Waals surface area contributed by atoms with Crippen LogP contribution in [0, 0.1) is 5.41 Å². The van der Waals surface area contributed by atoms with E-state index in [-0.39, 0.29) is 45.9 Å². The third kappa shape index (κ3) is 3.10. The van der Waals surface area contributed by atoms with E-state index >= 15 is 0 Å². The zero-order valence-electron chi connectivity index (χ0n) is 25.8. The highest BCUT2D eigenvalue weighted by molar-refractivity contribution is 6.64.